The third-order valence-electron chi connectivity index (χ3n) is 3.66. The number of ether oxygens (including phenoxy) is 1. The number of benzene rings is 2. The Morgan fingerprint density at radius 3 is 2.52 bits per heavy atom. The minimum Gasteiger partial charge on any atom is -0.456 e. The first-order valence-corrected chi connectivity index (χ1v) is 10.9. The highest BCUT2D eigenvalue weighted by Gasteiger charge is 2.10. The predicted molar refractivity (Wildman–Crippen MR) is 118 cm³/mol. The van der Waals surface area contributed by atoms with E-state index in [2.05, 4.69) is 26.6 Å². The fourth-order valence-corrected chi connectivity index (χ4v) is 3.63. The van der Waals surface area contributed by atoms with Gasteiger partial charge in [0.15, 0.2) is 6.61 Å². The minimum atomic E-state index is -0.536. The zero-order chi connectivity index (χ0) is 21.2. The molecule has 0 heterocycles. The lowest BCUT2D eigenvalue weighted by Crippen LogP contribution is -2.35. The van der Waals surface area contributed by atoms with Crippen LogP contribution in [0.3, 0.4) is 0 Å². The van der Waals surface area contributed by atoms with Gasteiger partial charge < -0.3 is 15.4 Å². The molecule has 0 aliphatic carbocycles. The fraction of sp³-hybridized carbons (Fsp3) is 0.250. The Bertz CT molecular complexity index is 877. The molecule has 2 aromatic rings. The van der Waals surface area contributed by atoms with Crippen molar-refractivity contribution in [1.82, 2.24) is 5.32 Å². The lowest BCUT2D eigenvalue weighted by molar-refractivity contribution is -0.148. The van der Waals surface area contributed by atoms with Gasteiger partial charge in [-0.25, -0.2) is 0 Å². The number of halogens is 2. The van der Waals surface area contributed by atoms with Gasteiger partial charge in [0, 0.05) is 25.8 Å². The highest BCUT2D eigenvalue weighted by atomic mass is 79.9. The molecular formula is C20H20BrClN2O4S. The number of anilines is 1. The lowest BCUT2D eigenvalue weighted by atomic mass is 10.2. The maximum atomic E-state index is 11.9. The van der Waals surface area contributed by atoms with E-state index in [0.29, 0.717) is 16.5 Å². The van der Waals surface area contributed by atoms with Crippen molar-refractivity contribution in [2.24, 2.45) is 0 Å². The molecule has 0 saturated carbocycles. The van der Waals surface area contributed by atoms with Crippen molar-refractivity contribution >= 4 is 62.8 Å². The largest absolute Gasteiger partial charge is 0.456 e. The normalized spacial score (nSPS) is 10.3. The van der Waals surface area contributed by atoms with Gasteiger partial charge in [-0.2, -0.15) is 0 Å². The second-order valence-electron chi connectivity index (χ2n) is 6.00. The highest BCUT2D eigenvalue weighted by molar-refractivity contribution is 9.10. The van der Waals surface area contributed by atoms with E-state index in [1.165, 1.54) is 11.8 Å². The number of esters is 1. The number of amides is 2. The zero-order valence-electron chi connectivity index (χ0n) is 15.7. The molecule has 0 aromatic heterocycles. The molecule has 2 amide bonds. The maximum Gasteiger partial charge on any atom is 0.307 e. The number of carbonyl (C=O) groups is 3. The topological polar surface area (TPSA) is 84.5 Å². The molecule has 2 aromatic carbocycles. The van der Waals surface area contributed by atoms with Gasteiger partial charge in [-0.3, -0.25) is 14.4 Å². The Kier molecular flexibility index (Phi) is 9.50. The molecule has 2 N–H and O–H groups in total. The molecule has 6 nitrogen and oxygen atoms in total. The standard InChI is InChI=1S/C20H20BrClN2O4S/c1-13-10-14(21)2-7-17(13)24-18(25)11-23-19(26)12-28-20(27)8-9-29-16-5-3-15(22)4-6-16/h2-7,10H,8-9,11-12H2,1H3,(H,23,26)(H,24,25). The Labute approximate surface area is 186 Å². The van der Waals surface area contributed by atoms with Crippen LogP contribution in [0.4, 0.5) is 5.69 Å². The van der Waals surface area contributed by atoms with Crippen LogP contribution in [0.1, 0.15) is 12.0 Å². The fourth-order valence-electron chi connectivity index (χ4n) is 2.19. The smallest absolute Gasteiger partial charge is 0.307 e. The third kappa shape index (κ3) is 8.89. The van der Waals surface area contributed by atoms with Gasteiger partial charge in [0.2, 0.25) is 5.91 Å². The zero-order valence-corrected chi connectivity index (χ0v) is 18.8. The van der Waals surface area contributed by atoms with E-state index in [-0.39, 0.29) is 18.9 Å². The number of rotatable bonds is 9. The molecule has 0 bridgehead atoms. The molecule has 29 heavy (non-hydrogen) atoms. The molecule has 0 unspecified atom stereocenters. The van der Waals surface area contributed by atoms with Crippen molar-refractivity contribution in [2.45, 2.75) is 18.2 Å². The van der Waals surface area contributed by atoms with Crippen molar-refractivity contribution < 1.29 is 19.1 Å². The first kappa shape index (κ1) is 23.3. The summed E-state index contributed by atoms with van der Waals surface area (Å²) in [7, 11) is 0. The number of hydrogen-bond donors (Lipinski definition) is 2. The van der Waals surface area contributed by atoms with Crippen molar-refractivity contribution in [1.29, 1.82) is 0 Å². The van der Waals surface area contributed by atoms with Crippen LogP contribution >= 0.6 is 39.3 Å². The molecule has 2 rings (SSSR count). The Balaban J connectivity index is 1.61. The second-order valence-corrected chi connectivity index (χ2v) is 8.52. The number of nitrogens with one attached hydrogen (secondary N) is 2. The van der Waals surface area contributed by atoms with Crippen LogP contribution in [0.5, 0.6) is 0 Å². The van der Waals surface area contributed by atoms with Crippen molar-refractivity contribution in [2.75, 3.05) is 24.2 Å². The molecule has 0 atom stereocenters. The molecule has 0 aliphatic heterocycles. The Morgan fingerprint density at radius 2 is 1.83 bits per heavy atom. The van der Waals surface area contributed by atoms with E-state index in [4.69, 9.17) is 16.3 Å². The van der Waals surface area contributed by atoms with Crippen LogP contribution < -0.4 is 10.6 Å². The van der Waals surface area contributed by atoms with Crippen LogP contribution in [-0.4, -0.2) is 36.7 Å². The van der Waals surface area contributed by atoms with Crippen LogP contribution in [0.15, 0.2) is 51.8 Å². The average Bonchev–Trinajstić information content (AvgIpc) is 2.68. The van der Waals surface area contributed by atoms with Crippen LogP contribution in [0.25, 0.3) is 0 Å². The van der Waals surface area contributed by atoms with Gasteiger partial charge >= 0.3 is 5.97 Å². The number of hydrogen-bond acceptors (Lipinski definition) is 5. The van der Waals surface area contributed by atoms with Gasteiger partial charge in [0.1, 0.15) is 0 Å². The molecule has 0 radical (unpaired) electrons. The summed E-state index contributed by atoms with van der Waals surface area (Å²) >= 11 is 10.7. The lowest BCUT2D eigenvalue weighted by Gasteiger charge is -2.10. The van der Waals surface area contributed by atoms with Crippen LogP contribution in [-0.2, 0) is 19.1 Å². The van der Waals surface area contributed by atoms with Crippen LogP contribution in [0.2, 0.25) is 5.02 Å². The molecule has 9 heteroatoms. The molecule has 154 valence electrons. The third-order valence-corrected chi connectivity index (χ3v) is 5.42. The summed E-state index contributed by atoms with van der Waals surface area (Å²) < 4.78 is 5.83. The van der Waals surface area contributed by atoms with Gasteiger partial charge in [-0.15, -0.1) is 11.8 Å². The summed E-state index contributed by atoms with van der Waals surface area (Å²) in [6, 6.07) is 12.7. The van der Waals surface area contributed by atoms with E-state index in [1.807, 2.05) is 31.2 Å². The number of thioether (sulfide) groups is 1. The first-order chi connectivity index (χ1) is 13.8. The van der Waals surface area contributed by atoms with Gasteiger partial charge in [0.25, 0.3) is 5.91 Å². The average molecular weight is 500 g/mol. The highest BCUT2D eigenvalue weighted by Crippen LogP contribution is 2.21. The Hall–Kier alpha value is -2.03. The summed E-state index contributed by atoms with van der Waals surface area (Å²) in [5, 5.41) is 5.79. The molecule has 0 aliphatic rings. The van der Waals surface area contributed by atoms with Crippen molar-refractivity contribution in [3.05, 3.63) is 57.5 Å². The molecular weight excluding hydrogens is 480 g/mol. The number of aryl methyl sites for hydroxylation is 1. The van der Waals surface area contributed by atoms with Gasteiger partial charge in [0.05, 0.1) is 13.0 Å². The van der Waals surface area contributed by atoms with E-state index in [9.17, 15) is 14.4 Å². The quantitative estimate of drug-likeness (QED) is 0.399. The Morgan fingerprint density at radius 1 is 1.10 bits per heavy atom. The number of carbonyl (C=O) groups excluding carboxylic acids is 3. The van der Waals surface area contributed by atoms with E-state index < -0.39 is 18.5 Å². The van der Waals surface area contributed by atoms with E-state index in [0.717, 1.165) is 14.9 Å². The minimum absolute atomic E-state index is 0.171. The van der Waals surface area contributed by atoms with Gasteiger partial charge in [-0.05, 0) is 55.0 Å². The molecule has 0 spiro atoms. The predicted octanol–water partition coefficient (Wildman–Crippen LogP) is 4.19. The summed E-state index contributed by atoms with van der Waals surface area (Å²) in [5.74, 6) is -0.853. The van der Waals surface area contributed by atoms with Crippen molar-refractivity contribution in [3.63, 3.8) is 0 Å². The first-order valence-electron chi connectivity index (χ1n) is 8.70. The molecule has 0 fully saturated rings. The van der Waals surface area contributed by atoms with E-state index in [1.54, 1.807) is 18.2 Å². The van der Waals surface area contributed by atoms with E-state index >= 15 is 0 Å². The second kappa shape index (κ2) is 11.8. The van der Waals surface area contributed by atoms with Gasteiger partial charge in [-0.1, -0.05) is 27.5 Å². The summed E-state index contributed by atoms with van der Waals surface area (Å²) in [6.45, 7) is 1.23. The van der Waals surface area contributed by atoms with Crippen LogP contribution in [0, 0.1) is 6.92 Å². The summed E-state index contributed by atoms with van der Waals surface area (Å²) in [6.07, 6.45) is 0.171. The van der Waals surface area contributed by atoms with Crippen molar-refractivity contribution in [3.8, 4) is 0 Å². The maximum absolute atomic E-state index is 11.9. The summed E-state index contributed by atoms with van der Waals surface area (Å²) in [4.78, 5) is 36.4. The summed E-state index contributed by atoms with van der Waals surface area (Å²) in [5.41, 5.74) is 1.56. The molecule has 0 saturated heterocycles. The SMILES string of the molecule is Cc1cc(Br)ccc1NC(=O)CNC(=O)COC(=O)CCSc1ccc(Cl)cc1. The monoisotopic (exact) mass is 498 g/mol.